The number of carbonyl (C=O) groups excluding carboxylic acids is 1. The van der Waals surface area contributed by atoms with Crippen LogP contribution in [0.4, 0.5) is 0 Å². The van der Waals surface area contributed by atoms with Crippen molar-refractivity contribution in [2.24, 2.45) is 0 Å². The van der Waals surface area contributed by atoms with Crippen molar-refractivity contribution in [2.75, 3.05) is 0 Å². The van der Waals surface area contributed by atoms with Gasteiger partial charge in [0.05, 0.1) is 0 Å². The quantitative estimate of drug-likeness (QED) is 0.760. The lowest BCUT2D eigenvalue weighted by atomic mass is 10.0. The molecule has 0 aliphatic heterocycles. The largest absolute Gasteiger partial charge is 0.298 e. The molecule has 80 valence electrons. The number of hydrogen-bond acceptors (Lipinski definition) is 2. The van der Waals surface area contributed by atoms with Gasteiger partial charge < -0.3 is 0 Å². The SMILES string of the molecule is O=Cc1cc(Cl)cc(Cc2cccnc2)c1. The smallest absolute Gasteiger partial charge is 0.150 e. The number of nitrogens with zero attached hydrogens (tertiary/aromatic N) is 1. The Balaban J connectivity index is 2.28. The van der Waals surface area contributed by atoms with Crippen LogP contribution in [0, 0.1) is 0 Å². The average Bonchev–Trinajstić information content (AvgIpc) is 2.29. The van der Waals surface area contributed by atoms with Crippen LogP contribution in [0.2, 0.25) is 5.02 Å². The molecular formula is C13H10ClNO. The van der Waals surface area contributed by atoms with E-state index in [0.717, 1.165) is 23.8 Å². The maximum Gasteiger partial charge on any atom is 0.150 e. The first-order valence-electron chi connectivity index (χ1n) is 4.91. The predicted octanol–water partition coefficient (Wildman–Crippen LogP) is 3.14. The van der Waals surface area contributed by atoms with E-state index in [9.17, 15) is 4.79 Å². The Morgan fingerprint density at radius 2 is 2.12 bits per heavy atom. The van der Waals surface area contributed by atoms with Crippen molar-refractivity contribution in [3.05, 3.63) is 64.4 Å². The van der Waals surface area contributed by atoms with Gasteiger partial charge >= 0.3 is 0 Å². The number of carbonyl (C=O) groups is 1. The van der Waals surface area contributed by atoms with Crippen molar-refractivity contribution in [1.82, 2.24) is 4.98 Å². The Kier molecular flexibility index (Phi) is 3.32. The molecule has 2 aromatic rings. The van der Waals surface area contributed by atoms with Crippen LogP contribution in [0.25, 0.3) is 0 Å². The molecule has 0 fully saturated rings. The highest BCUT2D eigenvalue weighted by Gasteiger charge is 2.00. The second-order valence-corrected chi connectivity index (χ2v) is 3.99. The van der Waals surface area contributed by atoms with Gasteiger partial charge in [-0.1, -0.05) is 17.7 Å². The number of aldehydes is 1. The van der Waals surface area contributed by atoms with E-state index in [2.05, 4.69) is 4.98 Å². The van der Waals surface area contributed by atoms with Crippen LogP contribution >= 0.6 is 11.6 Å². The van der Waals surface area contributed by atoms with Gasteiger partial charge in [0.15, 0.2) is 0 Å². The van der Waals surface area contributed by atoms with Gasteiger partial charge in [-0.05, 0) is 41.8 Å². The third-order valence-electron chi connectivity index (χ3n) is 2.25. The zero-order chi connectivity index (χ0) is 11.4. The van der Waals surface area contributed by atoms with Crippen molar-refractivity contribution in [3.63, 3.8) is 0 Å². The van der Waals surface area contributed by atoms with Crippen LogP contribution in [0.3, 0.4) is 0 Å². The van der Waals surface area contributed by atoms with E-state index in [1.807, 2.05) is 30.5 Å². The molecule has 3 heteroatoms. The summed E-state index contributed by atoms with van der Waals surface area (Å²) >= 11 is 5.92. The minimum Gasteiger partial charge on any atom is -0.298 e. The summed E-state index contributed by atoms with van der Waals surface area (Å²) in [4.78, 5) is 14.7. The second-order valence-electron chi connectivity index (χ2n) is 3.55. The van der Waals surface area contributed by atoms with Crippen molar-refractivity contribution >= 4 is 17.9 Å². The lowest BCUT2D eigenvalue weighted by Crippen LogP contribution is -1.91. The van der Waals surface area contributed by atoms with Gasteiger partial charge in [0.25, 0.3) is 0 Å². The Morgan fingerprint density at radius 1 is 1.25 bits per heavy atom. The van der Waals surface area contributed by atoms with E-state index in [-0.39, 0.29) is 0 Å². The molecule has 0 saturated carbocycles. The summed E-state index contributed by atoms with van der Waals surface area (Å²) in [6.45, 7) is 0. The maximum atomic E-state index is 10.7. The fraction of sp³-hybridized carbons (Fsp3) is 0.0769. The highest BCUT2D eigenvalue weighted by molar-refractivity contribution is 6.30. The summed E-state index contributed by atoms with van der Waals surface area (Å²) in [6.07, 6.45) is 5.08. The molecule has 2 nitrogen and oxygen atoms in total. The van der Waals surface area contributed by atoms with E-state index in [1.54, 1.807) is 12.3 Å². The zero-order valence-corrected chi connectivity index (χ0v) is 9.32. The topological polar surface area (TPSA) is 30.0 Å². The molecule has 0 N–H and O–H groups in total. The van der Waals surface area contributed by atoms with Crippen LogP contribution in [0.1, 0.15) is 21.5 Å². The number of pyridine rings is 1. The molecule has 0 unspecified atom stereocenters. The summed E-state index contributed by atoms with van der Waals surface area (Å²) in [5.41, 5.74) is 2.72. The Bertz CT molecular complexity index is 497. The first-order valence-corrected chi connectivity index (χ1v) is 5.29. The minimum absolute atomic E-state index is 0.587. The van der Waals surface area contributed by atoms with E-state index < -0.39 is 0 Å². The highest BCUT2D eigenvalue weighted by Crippen LogP contribution is 2.16. The van der Waals surface area contributed by atoms with Gasteiger partial charge in [0.2, 0.25) is 0 Å². The predicted molar refractivity (Wildman–Crippen MR) is 63.9 cm³/mol. The van der Waals surface area contributed by atoms with Gasteiger partial charge in [-0.25, -0.2) is 0 Å². The molecule has 16 heavy (non-hydrogen) atoms. The van der Waals surface area contributed by atoms with E-state index in [4.69, 9.17) is 11.6 Å². The van der Waals surface area contributed by atoms with Gasteiger partial charge in [0.1, 0.15) is 6.29 Å². The van der Waals surface area contributed by atoms with Crippen molar-refractivity contribution in [2.45, 2.75) is 6.42 Å². The number of benzene rings is 1. The molecule has 1 heterocycles. The molecular weight excluding hydrogens is 222 g/mol. The fourth-order valence-electron chi connectivity index (χ4n) is 1.58. The first kappa shape index (κ1) is 10.8. The summed E-state index contributed by atoms with van der Waals surface area (Å²) in [7, 11) is 0. The lowest BCUT2D eigenvalue weighted by Gasteiger charge is -2.03. The third kappa shape index (κ3) is 2.67. The Labute approximate surface area is 98.9 Å². The second kappa shape index (κ2) is 4.90. The monoisotopic (exact) mass is 231 g/mol. The standard InChI is InChI=1S/C13H10ClNO/c14-13-6-11(5-12(7-13)9-16)4-10-2-1-3-15-8-10/h1-3,5-9H,4H2. The first-order chi connectivity index (χ1) is 7.78. The molecule has 0 saturated heterocycles. The highest BCUT2D eigenvalue weighted by atomic mass is 35.5. The number of rotatable bonds is 3. The van der Waals surface area contributed by atoms with Gasteiger partial charge in [-0.2, -0.15) is 0 Å². The number of hydrogen-bond donors (Lipinski definition) is 0. The van der Waals surface area contributed by atoms with Crippen molar-refractivity contribution in [1.29, 1.82) is 0 Å². The average molecular weight is 232 g/mol. The summed E-state index contributed by atoms with van der Waals surface area (Å²) in [6, 6.07) is 9.24. The van der Waals surface area contributed by atoms with E-state index in [0.29, 0.717) is 10.6 Å². The molecule has 0 bridgehead atoms. The summed E-state index contributed by atoms with van der Waals surface area (Å²) in [5.74, 6) is 0. The summed E-state index contributed by atoms with van der Waals surface area (Å²) < 4.78 is 0. The molecule has 0 aliphatic carbocycles. The molecule has 0 atom stereocenters. The lowest BCUT2D eigenvalue weighted by molar-refractivity contribution is 0.112. The molecule has 0 amide bonds. The molecule has 1 aromatic heterocycles. The molecule has 1 aromatic carbocycles. The van der Waals surface area contributed by atoms with Crippen molar-refractivity contribution < 1.29 is 4.79 Å². The molecule has 0 aliphatic rings. The summed E-state index contributed by atoms with van der Waals surface area (Å²) in [5, 5.41) is 0.587. The van der Waals surface area contributed by atoms with Crippen LogP contribution in [-0.2, 0) is 6.42 Å². The molecule has 0 spiro atoms. The molecule has 0 radical (unpaired) electrons. The number of aromatic nitrogens is 1. The Hall–Kier alpha value is -1.67. The Morgan fingerprint density at radius 3 is 2.81 bits per heavy atom. The van der Waals surface area contributed by atoms with Crippen LogP contribution in [-0.4, -0.2) is 11.3 Å². The molecule has 2 rings (SSSR count). The maximum absolute atomic E-state index is 10.7. The van der Waals surface area contributed by atoms with E-state index in [1.165, 1.54) is 0 Å². The van der Waals surface area contributed by atoms with Crippen LogP contribution in [0.15, 0.2) is 42.7 Å². The van der Waals surface area contributed by atoms with Crippen LogP contribution < -0.4 is 0 Å². The normalized spacial score (nSPS) is 10.1. The van der Waals surface area contributed by atoms with E-state index >= 15 is 0 Å². The third-order valence-corrected chi connectivity index (χ3v) is 2.47. The minimum atomic E-state index is 0.587. The van der Waals surface area contributed by atoms with Gasteiger partial charge in [-0.3, -0.25) is 9.78 Å². The number of halogens is 1. The van der Waals surface area contributed by atoms with Crippen LogP contribution in [0.5, 0.6) is 0 Å². The van der Waals surface area contributed by atoms with Gasteiger partial charge in [0, 0.05) is 23.0 Å². The van der Waals surface area contributed by atoms with Crippen molar-refractivity contribution in [3.8, 4) is 0 Å². The fourth-order valence-corrected chi connectivity index (χ4v) is 1.85. The zero-order valence-electron chi connectivity index (χ0n) is 8.56. The van der Waals surface area contributed by atoms with Gasteiger partial charge in [-0.15, -0.1) is 0 Å².